The zero-order valence-corrected chi connectivity index (χ0v) is 8.92. The van der Waals surface area contributed by atoms with Crippen molar-refractivity contribution in [3.8, 4) is 0 Å². The lowest BCUT2D eigenvalue weighted by atomic mass is 10.2. The number of amides is 1. The molecular weight excluding hydrogens is 183 g/mol. The van der Waals surface area contributed by atoms with Gasteiger partial charge in [0.05, 0.1) is 6.04 Å². The number of carbonyl (C=O) groups is 1. The van der Waals surface area contributed by atoms with Crippen molar-refractivity contribution in [1.82, 2.24) is 10.2 Å². The van der Waals surface area contributed by atoms with Crippen LogP contribution in [0.1, 0.15) is 26.7 Å². The van der Waals surface area contributed by atoms with Crippen molar-refractivity contribution < 1.29 is 9.18 Å². The first-order chi connectivity index (χ1) is 6.69. The second-order valence-corrected chi connectivity index (χ2v) is 3.71. The van der Waals surface area contributed by atoms with Crippen LogP contribution in [0.5, 0.6) is 0 Å². The summed E-state index contributed by atoms with van der Waals surface area (Å²) >= 11 is 0. The van der Waals surface area contributed by atoms with E-state index in [1.807, 2.05) is 13.8 Å². The van der Waals surface area contributed by atoms with Gasteiger partial charge in [0.1, 0.15) is 6.17 Å². The number of hydrogen-bond acceptors (Lipinski definition) is 2. The monoisotopic (exact) mass is 202 g/mol. The number of rotatable bonds is 4. The summed E-state index contributed by atoms with van der Waals surface area (Å²) in [5.41, 5.74) is 0. The van der Waals surface area contributed by atoms with Crippen molar-refractivity contribution in [2.24, 2.45) is 0 Å². The summed E-state index contributed by atoms with van der Waals surface area (Å²) in [7, 11) is 0. The first-order valence-electron chi connectivity index (χ1n) is 5.35. The molecular formula is C10H19FN2O. The Morgan fingerprint density at radius 1 is 1.57 bits per heavy atom. The molecule has 1 heterocycles. The summed E-state index contributed by atoms with van der Waals surface area (Å²) in [6, 6.07) is -0.295. The maximum absolute atomic E-state index is 12.9. The maximum atomic E-state index is 12.9. The number of carbonyl (C=O) groups excluding carboxylic acids is 1. The largest absolute Gasteiger partial charge is 0.342 e. The van der Waals surface area contributed by atoms with Gasteiger partial charge in [0.15, 0.2) is 0 Å². The van der Waals surface area contributed by atoms with Crippen LogP contribution in [0, 0.1) is 0 Å². The summed E-state index contributed by atoms with van der Waals surface area (Å²) in [6.45, 7) is 5.79. The molecule has 0 aliphatic carbocycles. The zero-order valence-electron chi connectivity index (χ0n) is 8.92. The lowest BCUT2D eigenvalue weighted by Gasteiger charge is -2.23. The molecule has 1 fully saturated rings. The number of alkyl halides is 1. The van der Waals surface area contributed by atoms with Crippen molar-refractivity contribution in [1.29, 1.82) is 0 Å². The van der Waals surface area contributed by atoms with Crippen LogP contribution in [0.4, 0.5) is 4.39 Å². The van der Waals surface area contributed by atoms with Gasteiger partial charge in [-0.05, 0) is 13.3 Å². The van der Waals surface area contributed by atoms with Crippen LogP contribution in [0.25, 0.3) is 0 Å². The zero-order chi connectivity index (χ0) is 10.6. The van der Waals surface area contributed by atoms with E-state index in [-0.39, 0.29) is 11.9 Å². The summed E-state index contributed by atoms with van der Waals surface area (Å²) in [6.07, 6.45) is 0.425. The summed E-state index contributed by atoms with van der Waals surface area (Å²) < 4.78 is 12.9. The fourth-order valence-electron chi connectivity index (χ4n) is 1.80. The van der Waals surface area contributed by atoms with Gasteiger partial charge in [-0.25, -0.2) is 4.39 Å². The van der Waals surface area contributed by atoms with E-state index in [1.165, 1.54) is 0 Å². The molecule has 1 amide bonds. The molecule has 3 nitrogen and oxygen atoms in total. The molecule has 0 radical (unpaired) electrons. The Balaban J connectivity index is 2.45. The molecule has 0 aromatic carbocycles. The van der Waals surface area contributed by atoms with Crippen molar-refractivity contribution >= 4 is 5.91 Å². The fourth-order valence-corrected chi connectivity index (χ4v) is 1.80. The van der Waals surface area contributed by atoms with Gasteiger partial charge in [-0.3, -0.25) is 4.79 Å². The number of hydrogen-bond donors (Lipinski definition) is 1. The SMILES string of the molecule is CCCN(CC)C(=O)[C@H]1C[C@H](F)CN1. The van der Waals surface area contributed by atoms with Gasteiger partial charge >= 0.3 is 0 Å². The minimum absolute atomic E-state index is 0.0505. The Morgan fingerprint density at radius 3 is 2.71 bits per heavy atom. The first kappa shape index (κ1) is 11.4. The Labute approximate surface area is 84.7 Å². The molecule has 0 spiro atoms. The van der Waals surface area contributed by atoms with Crippen LogP contribution in [-0.2, 0) is 4.79 Å². The highest BCUT2D eigenvalue weighted by Gasteiger charge is 2.31. The molecule has 1 rings (SSSR count). The molecule has 0 bridgehead atoms. The predicted molar refractivity (Wildman–Crippen MR) is 53.8 cm³/mol. The van der Waals surface area contributed by atoms with Crippen LogP contribution in [-0.4, -0.2) is 42.7 Å². The van der Waals surface area contributed by atoms with Gasteiger partial charge in [-0.1, -0.05) is 6.92 Å². The number of nitrogens with one attached hydrogen (secondary N) is 1. The minimum atomic E-state index is -0.857. The summed E-state index contributed by atoms with van der Waals surface area (Å²) in [5.74, 6) is 0.0505. The average Bonchev–Trinajstić information content (AvgIpc) is 2.60. The Hall–Kier alpha value is -0.640. The van der Waals surface area contributed by atoms with E-state index < -0.39 is 6.17 Å². The molecule has 0 aromatic rings. The smallest absolute Gasteiger partial charge is 0.239 e. The molecule has 1 saturated heterocycles. The lowest BCUT2D eigenvalue weighted by Crippen LogP contribution is -2.43. The lowest BCUT2D eigenvalue weighted by molar-refractivity contribution is -0.133. The topological polar surface area (TPSA) is 32.3 Å². The van der Waals surface area contributed by atoms with E-state index in [1.54, 1.807) is 4.90 Å². The molecule has 1 N–H and O–H groups in total. The van der Waals surface area contributed by atoms with Crippen LogP contribution in [0.2, 0.25) is 0 Å². The van der Waals surface area contributed by atoms with Gasteiger partial charge in [-0.2, -0.15) is 0 Å². The highest BCUT2D eigenvalue weighted by Crippen LogP contribution is 2.12. The van der Waals surface area contributed by atoms with E-state index in [2.05, 4.69) is 5.32 Å². The second kappa shape index (κ2) is 5.29. The van der Waals surface area contributed by atoms with Gasteiger partial charge in [0.2, 0.25) is 5.91 Å². The van der Waals surface area contributed by atoms with Crippen LogP contribution in [0.3, 0.4) is 0 Å². The van der Waals surface area contributed by atoms with Crippen molar-refractivity contribution in [3.63, 3.8) is 0 Å². The molecule has 82 valence electrons. The Kier molecular flexibility index (Phi) is 4.32. The minimum Gasteiger partial charge on any atom is -0.342 e. The Bertz CT molecular complexity index is 193. The highest BCUT2D eigenvalue weighted by atomic mass is 19.1. The van der Waals surface area contributed by atoms with Crippen LogP contribution < -0.4 is 5.32 Å². The van der Waals surface area contributed by atoms with Crippen molar-refractivity contribution in [3.05, 3.63) is 0 Å². The quantitative estimate of drug-likeness (QED) is 0.736. The average molecular weight is 202 g/mol. The van der Waals surface area contributed by atoms with Crippen molar-refractivity contribution in [2.75, 3.05) is 19.6 Å². The van der Waals surface area contributed by atoms with Crippen LogP contribution >= 0.6 is 0 Å². The first-order valence-corrected chi connectivity index (χ1v) is 5.35. The molecule has 1 aliphatic rings. The Morgan fingerprint density at radius 2 is 2.29 bits per heavy atom. The molecule has 0 unspecified atom stereocenters. The molecule has 2 atom stereocenters. The standard InChI is InChI=1S/C10H19FN2O/c1-3-5-13(4-2)10(14)9-6-8(11)7-12-9/h8-9,12H,3-7H2,1-2H3/t8-,9+/m0/s1. The third-order valence-electron chi connectivity index (χ3n) is 2.56. The van der Waals surface area contributed by atoms with Crippen LogP contribution in [0.15, 0.2) is 0 Å². The molecule has 14 heavy (non-hydrogen) atoms. The third kappa shape index (κ3) is 2.67. The van der Waals surface area contributed by atoms with Gasteiger partial charge in [0.25, 0.3) is 0 Å². The van der Waals surface area contributed by atoms with Crippen molar-refractivity contribution in [2.45, 2.75) is 38.9 Å². The van der Waals surface area contributed by atoms with E-state index in [0.717, 1.165) is 13.0 Å². The summed E-state index contributed by atoms with van der Waals surface area (Å²) in [5, 5.41) is 2.91. The number of likely N-dealkylation sites (N-methyl/N-ethyl adjacent to an activating group) is 1. The van der Waals surface area contributed by atoms with Gasteiger partial charge in [0, 0.05) is 26.1 Å². The fraction of sp³-hybridized carbons (Fsp3) is 0.900. The second-order valence-electron chi connectivity index (χ2n) is 3.71. The molecule has 4 heteroatoms. The normalized spacial score (nSPS) is 26.5. The summed E-state index contributed by atoms with van der Waals surface area (Å²) in [4.78, 5) is 13.6. The van der Waals surface area contributed by atoms with E-state index in [0.29, 0.717) is 19.5 Å². The van der Waals surface area contributed by atoms with Gasteiger partial charge in [-0.15, -0.1) is 0 Å². The molecule has 0 aromatic heterocycles. The maximum Gasteiger partial charge on any atom is 0.239 e. The molecule has 1 aliphatic heterocycles. The van der Waals surface area contributed by atoms with E-state index in [4.69, 9.17) is 0 Å². The van der Waals surface area contributed by atoms with Gasteiger partial charge < -0.3 is 10.2 Å². The molecule has 0 saturated carbocycles. The number of nitrogens with zero attached hydrogens (tertiary/aromatic N) is 1. The predicted octanol–water partition coefficient (Wildman–Crippen LogP) is 0.945. The van der Waals surface area contributed by atoms with E-state index >= 15 is 0 Å². The third-order valence-corrected chi connectivity index (χ3v) is 2.56. The number of halogens is 1. The highest BCUT2D eigenvalue weighted by molar-refractivity contribution is 5.82. The van der Waals surface area contributed by atoms with E-state index in [9.17, 15) is 9.18 Å².